The third-order valence-corrected chi connectivity index (χ3v) is 5.48. The molecule has 0 bridgehead atoms. The predicted molar refractivity (Wildman–Crippen MR) is 75.9 cm³/mol. The molecule has 2 saturated heterocycles. The van der Waals surface area contributed by atoms with Crippen LogP contribution in [0.3, 0.4) is 0 Å². The minimum Gasteiger partial charge on any atom is -0.480 e. The first kappa shape index (κ1) is 14.6. The zero-order chi connectivity index (χ0) is 15.0. The molecule has 0 aromatic carbocycles. The maximum atomic E-state index is 12.6. The van der Waals surface area contributed by atoms with Gasteiger partial charge in [-0.3, -0.25) is 0 Å². The SMILES string of the molecule is O=C(O)[C@@H]1CCCN1C(=O)N1CCC2(O)CCCCC2C1. The number of carboxylic acids is 1. The van der Waals surface area contributed by atoms with E-state index in [1.54, 1.807) is 4.90 Å². The van der Waals surface area contributed by atoms with Crippen molar-refractivity contribution in [2.45, 2.75) is 56.6 Å². The second-order valence-electron chi connectivity index (χ2n) is 6.71. The number of carboxylic acid groups (broad SMARTS) is 1. The number of hydrogen-bond donors (Lipinski definition) is 2. The summed E-state index contributed by atoms with van der Waals surface area (Å²) in [6, 6.07) is -0.836. The molecule has 2 unspecified atom stereocenters. The molecule has 1 aliphatic carbocycles. The van der Waals surface area contributed by atoms with E-state index < -0.39 is 17.6 Å². The van der Waals surface area contributed by atoms with Gasteiger partial charge in [-0.2, -0.15) is 0 Å². The van der Waals surface area contributed by atoms with Gasteiger partial charge in [0.15, 0.2) is 0 Å². The van der Waals surface area contributed by atoms with Gasteiger partial charge in [-0.05, 0) is 32.1 Å². The Hall–Kier alpha value is -1.30. The van der Waals surface area contributed by atoms with E-state index in [9.17, 15) is 19.8 Å². The van der Waals surface area contributed by atoms with E-state index in [0.717, 1.165) is 32.1 Å². The van der Waals surface area contributed by atoms with Gasteiger partial charge in [-0.15, -0.1) is 0 Å². The van der Waals surface area contributed by atoms with E-state index >= 15 is 0 Å². The Balaban J connectivity index is 1.67. The number of aliphatic hydroxyl groups is 1. The summed E-state index contributed by atoms with van der Waals surface area (Å²) in [4.78, 5) is 27.1. The van der Waals surface area contributed by atoms with Crippen LogP contribution in [-0.2, 0) is 4.79 Å². The normalized spacial score (nSPS) is 36.4. The second-order valence-corrected chi connectivity index (χ2v) is 6.71. The van der Waals surface area contributed by atoms with Crippen molar-refractivity contribution in [3.8, 4) is 0 Å². The lowest BCUT2D eigenvalue weighted by atomic mass is 9.71. The Morgan fingerprint density at radius 2 is 1.86 bits per heavy atom. The Morgan fingerprint density at radius 1 is 1.05 bits per heavy atom. The quantitative estimate of drug-likeness (QED) is 0.764. The van der Waals surface area contributed by atoms with Crippen LogP contribution in [-0.4, -0.2) is 63.3 Å². The van der Waals surface area contributed by atoms with Gasteiger partial charge in [0.05, 0.1) is 5.60 Å². The molecule has 0 radical (unpaired) electrons. The van der Waals surface area contributed by atoms with Gasteiger partial charge in [-0.1, -0.05) is 12.8 Å². The Bertz CT molecular complexity index is 441. The van der Waals surface area contributed by atoms with E-state index in [1.165, 1.54) is 4.90 Å². The summed E-state index contributed by atoms with van der Waals surface area (Å²) in [6.07, 6.45) is 5.88. The molecule has 3 rings (SSSR count). The van der Waals surface area contributed by atoms with E-state index in [1.807, 2.05) is 0 Å². The molecule has 3 atom stereocenters. The average Bonchev–Trinajstić information content (AvgIpc) is 2.95. The molecule has 6 heteroatoms. The van der Waals surface area contributed by atoms with Crippen LogP contribution in [0.4, 0.5) is 4.79 Å². The fraction of sp³-hybridized carbons (Fsp3) is 0.867. The van der Waals surface area contributed by atoms with Crippen LogP contribution in [0.5, 0.6) is 0 Å². The first-order valence-electron chi connectivity index (χ1n) is 8.02. The molecule has 0 spiro atoms. The Kier molecular flexibility index (Phi) is 3.82. The minimum absolute atomic E-state index is 0.148. The molecule has 2 heterocycles. The van der Waals surface area contributed by atoms with Crippen molar-refractivity contribution in [2.75, 3.05) is 19.6 Å². The molecular formula is C15H24N2O4. The molecule has 3 fully saturated rings. The van der Waals surface area contributed by atoms with Crippen molar-refractivity contribution in [1.29, 1.82) is 0 Å². The van der Waals surface area contributed by atoms with E-state index in [0.29, 0.717) is 32.5 Å². The van der Waals surface area contributed by atoms with E-state index in [4.69, 9.17) is 0 Å². The van der Waals surface area contributed by atoms with Crippen LogP contribution >= 0.6 is 0 Å². The highest BCUT2D eigenvalue weighted by atomic mass is 16.4. The van der Waals surface area contributed by atoms with Crippen molar-refractivity contribution < 1.29 is 19.8 Å². The minimum atomic E-state index is -0.910. The Morgan fingerprint density at radius 3 is 2.62 bits per heavy atom. The summed E-state index contributed by atoms with van der Waals surface area (Å²) in [5.74, 6) is -0.762. The Labute approximate surface area is 124 Å². The van der Waals surface area contributed by atoms with Gasteiger partial charge in [0, 0.05) is 25.6 Å². The van der Waals surface area contributed by atoms with Crippen molar-refractivity contribution in [1.82, 2.24) is 9.80 Å². The van der Waals surface area contributed by atoms with Crippen LogP contribution in [0.2, 0.25) is 0 Å². The smallest absolute Gasteiger partial charge is 0.326 e. The van der Waals surface area contributed by atoms with Gasteiger partial charge in [-0.25, -0.2) is 9.59 Å². The summed E-state index contributed by atoms with van der Waals surface area (Å²) < 4.78 is 0. The summed E-state index contributed by atoms with van der Waals surface area (Å²) in [5, 5.41) is 19.9. The molecule has 21 heavy (non-hydrogen) atoms. The number of nitrogens with zero attached hydrogens (tertiary/aromatic N) is 2. The molecule has 0 aromatic rings. The molecule has 3 aliphatic rings. The third-order valence-electron chi connectivity index (χ3n) is 5.48. The standard InChI is InChI=1S/C15H24N2O4/c18-13(19)12-5-3-8-17(12)14(20)16-9-7-15(21)6-2-1-4-11(15)10-16/h11-12,21H,1-10H2,(H,18,19)/t11?,12-,15?/m0/s1. The molecule has 0 aromatic heterocycles. The van der Waals surface area contributed by atoms with Crippen LogP contribution in [0.25, 0.3) is 0 Å². The largest absolute Gasteiger partial charge is 0.480 e. The van der Waals surface area contributed by atoms with Gasteiger partial charge >= 0.3 is 12.0 Å². The fourth-order valence-electron chi connectivity index (χ4n) is 4.18. The van der Waals surface area contributed by atoms with Gasteiger partial charge < -0.3 is 20.0 Å². The van der Waals surface area contributed by atoms with E-state index in [-0.39, 0.29) is 11.9 Å². The first-order valence-corrected chi connectivity index (χ1v) is 8.02. The van der Waals surface area contributed by atoms with Crippen LogP contribution in [0, 0.1) is 5.92 Å². The lowest BCUT2D eigenvalue weighted by Gasteiger charge is -2.48. The van der Waals surface area contributed by atoms with Gasteiger partial charge in [0.1, 0.15) is 6.04 Å². The highest BCUT2D eigenvalue weighted by Crippen LogP contribution is 2.40. The fourth-order valence-corrected chi connectivity index (χ4v) is 4.18. The molecule has 2 N–H and O–H groups in total. The van der Waals surface area contributed by atoms with Crippen LogP contribution in [0.1, 0.15) is 44.9 Å². The molecule has 1 saturated carbocycles. The molecule has 2 aliphatic heterocycles. The van der Waals surface area contributed by atoms with Crippen LogP contribution < -0.4 is 0 Å². The van der Waals surface area contributed by atoms with Crippen LogP contribution in [0.15, 0.2) is 0 Å². The zero-order valence-corrected chi connectivity index (χ0v) is 12.3. The van der Waals surface area contributed by atoms with E-state index in [2.05, 4.69) is 0 Å². The zero-order valence-electron chi connectivity index (χ0n) is 12.3. The molecule has 6 nitrogen and oxygen atoms in total. The maximum absolute atomic E-state index is 12.6. The number of fused-ring (bicyclic) bond motifs is 1. The average molecular weight is 296 g/mol. The van der Waals surface area contributed by atoms with Gasteiger partial charge in [0.25, 0.3) is 0 Å². The highest BCUT2D eigenvalue weighted by molar-refractivity contribution is 5.83. The third kappa shape index (κ3) is 2.61. The maximum Gasteiger partial charge on any atom is 0.326 e. The number of hydrogen-bond acceptors (Lipinski definition) is 3. The second kappa shape index (κ2) is 5.48. The molecule has 118 valence electrons. The predicted octanol–water partition coefficient (Wildman–Crippen LogP) is 1.28. The van der Waals surface area contributed by atoms with Crippen molar-refractivity contribution in [2.24, 2.45) is 5.92 Å². The summed E-state index contributed by atoms with van der Waals surface area (Å²) in [6.45, 7) is 1.63. The number of piperidine rings is 1. The number of aliphatic carboxylic acids is 1. The lowest BCUT2D eigenvalue weighted by Crippen LogP contribution is -2.58. The summed E-state index contributed by atoms with van der Waals surface area (Å²) in [5.41, 5.74) is -0.605. The number of likely N-dealkylation sites (tertiary alicyclic amines) is 2. The van der Waals surface area contributed by atoms with Crippen molar-refractivity contribution >= 4 is 12.0 Å². The number of carbonyl (C=O) groups excluding carboxylic acids is 1. The lowest BCUT2D eigenvalue weighted by molar-refractivity contribution is -0.141. The first-order chi connectivity index (χ1) is 10.0. The monoisotopic (exact) mass is 296 g/mol. The number of rotatable bonds is 1. The van der Waals surface area contributed by atoms with Crippen molar-refractivity contribution in [3.05, 3.63) is 0 Å². The number of carbonyl (C=O) groups is 2. The number of urea groups is 1. The summed E-state index contributed by atoms with van der Waals surface area (Å²) in [7, 11) is 0. The topological polar surface area (TPSA) is 81.1 Å². The highest BCUT2D eigenvalue weighted by Gasteiger charge is 2.45. The van der Waals surface area contributed by atoms with Gasteiger partial charge in [0.2, 0.25) is 0 Å². The van der Waals surface area contributed by atoms with Crippen molar-refractivity contribution in [3.63, 3.8) is 0 Å². The molecular weight excluding hydrogens is 272 g/mol. The summed E-state index contributed by atoms with van der Waals surface area (Å²) >= 11 is 0. The number of amides is 2. The molecule has 2 amide bonds.